The van der Waals surface area contributed by atoms with Crippen molar-refractivity contribution in [2.24, 2.45) is 5.14 Å². The van der Waals surface area contributed by atoms with E-state index in [0.717, 1.165) is 33.6 Å². The zero-order valence-corrected chi connectivity index (χ0v) is 17.4. The molecule has 3 aromatic carbocycles. The molecule has 4 aromatic rings. The molecule has 0 unspecified atom stereocenters. The van der Waals surface area contributed by atoms with Gasteiger partial charge in [0, 0.05) is 23.7 Å². The summed E-state index contributed by atoms with van der Waals surface area (Å²) >= 11 is 0. The summed E-state index contributed by atoms with van der Waals surface area (Å²) in [6.45, 7) is 1.98. The maximum atomic E-state index is 11.4. The SMILES string of the molecule is COc1cc(Nc2nc3cccc(Cc4ccc(S(N)(=O)=O)cc4)c3o2)ccc1C. The molecule has 0 aliphatic heterocycles. The third kappa shape index (κ3) is 4.14. The predicted molar refractivity (Wildman–Crippen MR) is 116 cm³/mol. The van der Waals surface area contributed by atoms with Gasteiger partial charge >= 0.3 is 0 Å². The lowest BCUT2D eigenvalue weighted by Gasteiger charge is -2.07. The van der Waals surface area contributed by atoms with Crippen molar-refractivity contribution < 1.29 is 17.6 Å². The largest absolute Gasteiger partial charge is 0.496 e. The van der Waals surface area contributed by atoms with E-state index in [9.17, 15) is 8.42 Å². The van der Waals surface area contributed by atoms with Gasteiger partial charge in [0.2, 0.25) is 10.0 Å². The lowest BCUT2D eigenvalue weighted by molar-refractivity contribution is 0.412. The Morgan fingerprint density at radius 3 is 2.57 bits per heavy atom. The van der Waals surface area contributed by atoms with Gasteiger partial charge in [-0.1, -0.05) is 30.3 Å². The molecule has 0 spiro atoms. The molecule has 1 aromatic heterocycles. The Hall–Kier alpha value is -3.36. The van der Waals surface area contributed by atoms with Crippen molar-refractivity contribution in [2.75, 3.05) is 12.4 Å². The smallest absolute Gasteiger partial charge is 0.300 e. The van der Waals surface area contributed by atoms with Gasteiger partial charge in [0.1, 0.15) is 11.3 Å². The second-order valence-corrected chi connectivity index (χ2v) is 8.52. The van der Waals surface area contributed by atoms with Gasteiger partial charge in [0.15, 0.2) is 5.58 Å². The summed E-state index contributed by atoms with van der Waals surface area (Å²) in [5.74, 6) is 0.778. The summed E-state index contributed by atoms with van der Waals surface area (Å²) in [7, 11) is -2.07. The standard InChI is InChI=1S/C22H21N3O4S/c1-14-6-9-17(13-20(14)28-2)24-22-25-19-5-3-4-16(21(19)29-22)12-15-7-10-18(11-8-15)30(23,26)27/h3-11,13H,12H2,1-2H3,(H,24,25)(H2,23,26,27). The Bertz CT molecular complexity index is 1310. The monoisotopic (exact) mass is 423 g/mol. The van der Waals surface area contributed by atoms with Crippen molar-refractivity contribution in [1.29, 1.82) is 0 Å². The number of nitrogens with zero attached hydrogens (tertiary/aromatic N) is 1. The van der Waals surface area contributed by atoms with E-state index in [1.807, 2.05) is 43.3 Å². The van der Waals surface area contributed by atoms with Gasteiger partial charge < -0.3 is 14.5 Å². The fraction of sp³-hybridized carbons (Fsp3) is 0.136. The first-order chi connectivity index (χ1) is 14.3. The number of para-hydroxylation sites is 1. The molecular formula is C22H21N3O4S. The van der Waals surface area contributed by atoms with E-state index in [4.69, 9.17) is 14.3 Å². The second-order valence-electron chi connectivity index (χ2n) is 6.96. The Labute approximate surface area is 174 Å². The highest BCUT2D eigenvalue weighted by atomic mass is 32.2. The molecule has 0 amide bonds. The van der Waals surface area contributed by atoms with Crippen molar-refractivity contribution in [3.05, 3.63) is 77.4 Å². The van der Waals surface area contributed by atoms with E-state index in [1.165, 1.54) is 12.1 Å². The lowest BCUT2D eigenvalue weighted by Crippen LogP contribution is -2.11. The molecule has 4 rings (SSSR count). The third-order valence-corrected chi connectivity index (χ3v) is 5.73. The van der Waals surface area contributed by atoms with Crippen LogP contribution < -0.4 is 15.2 Å². The number of sulfonamides is 1. The van der Waals surface area contributed by atoms with Gasteiger partial charge in [0.25, 0.3) is 6.01 Å². The second kappa shape index (κ2) is 7.81. The zero-order valence-electron chi connectivity index (χ0n) is 16.5. The molecule has 7 nitrogen and oxygen atoms in total. The van der Waals surface area contributed by atoms with Crippen molar-refractivity contribution >= 4 is 32.8 Å². The van der Waals surface area contributed by atoms with Crippen molar-refractivity contribution in [2.45, 2.75) is 18.2 Å². The molecule has 0 bridgehead atoms. The molecule has 0 aliphatic carbocycles. The summed E-state index contributed by atoms with van der Waals surface area (Å²) in [5, 5.41) is 8.33. The van der Waals surface area contributed by atoms with Gasteiger partial charge in [-0.25, -0.2) is 13.6 Å². The van der Waals surface area contributed by atoms with E-state index < -0.39 is 10.0 Å². The van der Waals surface area contributed by atoms with E-state index in [-0.39, 0.29) is 4.90 Å². The minimum atomic E-state index is -3.71. The van der Waals surface area contributed by atoms with Crippen LogP contribution in [0, 0.1) is 6.92 Å². The number of hydrogen-bond acceptors (Lipinski definition) is 6. The van der Waals surface area contributed by atoms with Crippen LogP contribution in [0.1, 0.15) is 16.7 Å². The fourth-order valence-electron chi connectivity index (χ4n) is 3.24. The summed E-state index contributed by atoms with van der Waals surface area (Å²) in [6, 6.07) is 18.4. The van der Waals surface area contributed by atoms with E-state index in [0.29, 0.717) is 18.0 Å². The number of rotatable bonds is 6. The molecule has 8 heteroatoms. The average Bonchev–Trinajstić information content (AvgIpc) is 3.13. The van der Waals surface area contributed by atoms with Crippen molar-refractivity contribution in [1.82, 2.24) is 4.98 Å². The van der Waals surface area contributed by atoms with Gasteiger partial charge in [-0.2, -0.15) is 4.98 Å². The fourth-order valence-corrected chi connectivity index (χ4v) is 3.75. The molecule has 3 N–H and O–H groups in total. The summed E-state index contributed by atoms with van der Waals surface area (Å²) in [4.78, 5) is 4.61. The number of oxazole rings is 1. The Balaban J connectivity index is 1.61. The van der Waals surface area contributed by atoms with Crippen LogP contribution in [0.5, 0.6) is 5.75 Å². The van der Waals surface area contributed by atoms with Crippen LogP contribution in [0.4, 0.5) is 11.7 Å². The minimum Gasteiger partial charge on any atom is -0.496 e. The maximum absolute atomic E-state index is 11.4. The number of aryl methyl sites for hydroxylation is 1. The number of fused-ring (bicyclic) bond motifs is 1. The first-order valence-corrected chi connectivity index (χ1v) is 10.8. The van der Waals surface area contributed by atoms with Crippen molar-refractivity contribution in [3.8, 4) is 5.75 Å². The van der Waals surface area contributed by atoms with Crippen LogP contribution in [0.3, 0.4) is 0 Å². The average molecular weight is 423 g/mol. The van der Waals surface area contributed by atoms with Gasteiger partial charge in [-0.15, -0.1) is 0 Å². The van der Waals surface area contributed by atoms with Crippen LogP contribution in [0.15, 0.2) is 70.0 Å². The number of methoxy groups -OCH3 is 1. The third-order valence-electron chi connectivity index (χ3n) is 4.80. The number of aromatic nitrogens is 1. The molecule has 0 aliphatic rings. The van der Waals surface area contributed by atoms with E-state index >= 15 is 0 Å². The summed E-state index contributed by atoms with van der Waals surface area (Å²) in [6.07, 6.45) is 0.565. The molecular weight excluding hydrogens is 402 g/mol. The van der Waals surface area contributed by atoms with Crippen LogP contribution in [0.2, 0.25) is 0 Å². The van der Waals surface area contributed by atoms with Crippen molar-refractivity contribution in [3.63, 3.8) is 0 Å². The molecule has 0 atom stereocenters. The van der Waals surface area contributed by atoms with E-state index in [1.54, 1.807) is 19.2 Å². The molecule has 0 saturated carbocycles. The molecule has 30 heavy (non-hydrogen) atoms. The van der Waals surface area contributed by atoms with Crippen LogP contribution in [0.25, 0.3) is 11.1 Å². The minimum absolute atomic E-state index is 0.0872. The number of nitrogens with one attached hydrogen (secondary N) is 1. The van der Waals surface area contributed by atoms with Crippen LogP contribution in [-0.4, -0.2) is 20.5 Å². The molecule has 0 radical (unpaired) electrons. The van der Waals surface area contributed by atoms with Gasteiger partial charge in [-0.05, 0) is 42.3 Å². The Morgan fingerprint density at radius 1 is 1.10 bits per heavy atom. The number of primary sulfonamides is 1. The molecule has 0 saturated heterocycles. The number of hydrogen-bond donors (Lipinski definition) is 2. The van der Waals surface area contributed by atoms with Crippen LogP contribution >= 0.6 is 0 Å². The Morgan fingerprint density at radius 2 is 1.87 bits per heavy atom. The molecule has 0 fully saturated rings. The highest BCUT2D eigenvalue weighted by Gasteiger charge is 2.12. The van der Waals surface area contributed by atoms with Crippen LogP contribution in [-0.2, 0) is 16.4 Å². The maximum Gasteiger partial charge on any atom is 0.300 e. The number of anilines is 2. The first kappa shape index (κ1) is 19.9. The molecule has 154 valence electrons. The zero-order chi connectivity index (χ0) is 21.3. The summed E-state index contributed by atoms with van der Waals surface area (Å²) in [5.41, 5.74) is 5.13. The lowest BCUT2D eigenvalue weighted by atomic mass is 10.0. The predicted octanol–water partition coefficient (Wildman–Crippen LogP) is 4.13. The normalized spacial score (nSPS) is 11.6. The highest BCUT2D eigenvalue weighted by molar-refractivity contribution is 7.89. The number of nitrogens with two attached hydrogens (primary N) is 1. The van der Waals surface area contributed by atoms with E-state index in [2.05, 4.69) is 10.3 Å². The van der Waals surface area contributed by atoms with Gasteiger partial charge in [0.05, 0.1) is 12.0 Å². The summed E-state index contributed by atoms with van der Waals surface area (Å²) < 4.78 is 34.2. The highest BCUT2D eigenvalue weighted by Crippen LogP contribution is 2.29. The topological polar surface area (TPSA) is 107 Å². The number of benzene rings is 3. The van der Waals surface area contributed by atoms with Gasteiger partial charge in [-0.3, -0.25) is 0 Å². The number of ether oxygens (including phenoxy) is 1. The first-order valence-electron chi connectivity index (χ1n) is 9.25. The molecule has 1 heterocycles. The quantitative estimate of drug-likeness (QED) is 0.483. The Kier molecular flexibility index (Phi) is 5.19.